The molecule has 1 heterocycles. The van der Waals surface area contributed by atoms with Gasteiger partial charge in [-0.1, -0.05) is 43.9 Å². The molecule has 0 radical (unpaired) electrons. The summed E-state index contributed by atoms with van der Waals surface area (Å²) in [7, 11) is 3.49. The lowest BCUT2D eigenvalue weighted by molar-refractivity contribution is -0.00000815. The van der Waals surface area contributed by atoms with Gasteiger partial charge in [0.05, 0.1) is 11.0 Å². The summed E-state index contributed by atoms with van der Waals surface area (Å²) in [5.74, 6) is 0.741. The Balaban J connectivity index is 0.00000289. The molecule has 2 N–H and O–H groups in total. The molecule has 0 amide bonds. The molecule has 0 saturated heterocycles. The van der Waals surface area contributed by atoms with Crippen molar-refractivity contribution in [3.05, 3.63) is 64.1 Å². The number of fused-ring (bicyclic) bond motifs is 1. The molecule has 0 aliphatic heterocycles. The standard InChI is InChI=1S/C25H33N3O3.ClH/c1-27-22-14-11-19(15-23(22)28(2)25(27)30)24(29)17-31-21-12-9-18(10-13-21)16-26-20-7-5-3-4-6-8-20;/h9-15,20,24,26,29H,3-8,16-17H2,1-2H3;1H/p-1. The van der Waals surface area contributed by atoms with E-state index < -0.39 is 6.10 Å². The highest BCUT2D eigenvalue weighted by Gasteiger charge is 2.14. The van der Waals surface area contributed by atoms with Gasteiger partial charge in [0.1, 0.15) is 18.5 Å². The Morgan fingerprint density at radius 3 is 2.34 bits per heavy atom. The number of aromatic nitrogens is 2. The number of hydrogen-bond donors (Lipinski definition) is 2. The summed E-state index contributed by atoms with van der Waals surface area (Å²) in [5, 5.41) is 14.3. The first-order chi connectivity index (χ1) is 15.0. The number of ether oxygens (including phenoxy) is 1. The maximum Gasteiger partial charge on any atom is 0.328 e. The van der Waals surface area contributed by atoms with Crippen LogP contribution in [0.4, 0.5) is 0 Å². The lowest BCUT2D eigenvalue weighted by Crippen LogP contribution is -3.00. The van der Waals surface area contributed by atoms with Gasteiger partial charge in [-0.25, -0.2) is 4.79 Å². The van der Waals surface area contributed by atoms with Gasteiger partial charge in [0.25, 0.3) is 0 Å². The summed E-state index contributed by atoms with van der Waals surface area (Å²) < 4.78 is 9.01. The fourth-order valence-corrected chi connectivity index (χ4v) is 4.45. The predicted molar refractivity (Wildman–Crippen MR) is 123 cm³/mol. The number of aliphatic hydroxyl groups excluding tert-OH is 1. The lowest BCUT2D eigenvalue weighted by atomic mass is 10.1. The predicted octanol–water partition coefficient (Wildman–Crippen LogP) is 0.806. The van der Waals surface area contributed by atoms with Crippen molar-refractivity contribution in [2.45, 2.75) is 57.2 Å². The van der Waals surface area contributed by atoms with Crippen LogP contribution in [0.1, 0.15) is 55.8 Å². The summed E-state index contributed by atoms with van der Waals surface area (Å²) in [4.78, 5) is 12.1. The SMILES string of the molecule is Cn1c(=O)n(C)c2cc(C(O)COc3ccc(CNC4CCCCCC4)cc3)ccc21.[Cl-]. The average molecular weight is 459 g/mol. The zero-order chi connectivity index (χ0) is 21.8. The van der Waals surface area contributed by atoms with E-state index in [-0.39, 0.29) is 24.7 Å². The van der Waals surface area contributed by atoms with E-state index in [1.165, 1.54) is 44.1 Å². The summed E-state index contributed by atoms with van der Waals surface area (Å²) in [5.41, 5.74) is 3.55. The fourth-order valence-electron chi connectivity index (χ4n) is 4.45. The minimum absolute atomic E-state index is 0. The number of aryl methyl sites for hydroxylation is 2. The van der Waals surface area contributed by atoms with E-state index in [1.54, 1.807) is 23.2 Å². The minimum Gasteiger partial charge on any atom is -1.00 e. The van der Waals surface area contributed by atoms with Crippen LogP contribution in [0, 0.1) is 0 Å². The first-order valence-electron chi connectivity index (χ1n) is 11.3. The van der Waals surface area contributed by atoms with Crippen molar-refractivity contribution in [2.75, 3.05) is 6.61 Å². The number of nitrogens with zero attached hydrogens (tertiary/aromatic N) is 2. The van der Waals surface area contributed by atoms with Crippen molar-refractivity contribution in [1.82, 2.24) is 14.5 Å². The third kappa shape index (κ3) is 5.55. The molecule has 1 aromatic heterocycles. The molecule has 6 nitrogen and oxygen atoms in total. The smallest absolute Gasteiger partial charge is 0.328 e. The highest BCUT2D eigenvalue weighted by Crippen LogP contribution is 2.22. The maximum atomic E-state index is 12.1. The van der Waals surface area contributed by atoms with Gasteiger partial charge in [-0.15, -0.1) is 0 Å². The van der Waals surface area contributed by atoms with E-state index >= 15 is 0 Å². The first-order valence-corrected chi connectivity index (χ1v) is 11.3. The van der Waals surface area contributed by atoms with Crippen molar-refractivity contribution < 1.29 is 22.3 Å². The Bertz CT molecular complexity index is 1070. The van der Waals surface area contributed by atoms with Crippen LogP contribution in [-0.2, 0) is 20.6 Å². The number of nitrogens with one attached hydrogen (secondary N) is 1. The highest BCUT2D eigenvalue weighted by atomic mass is 35.5. The van der Waals surface area contributed by atoms with E-state index in [2.05, 4.69) is 17.4 Å². The number of imidazole rings is 1. The molecule has 1 aliphatic rings. The molecular formula is C25H33ClN3O3-. The molecule has 1 fully saturated rings. The van der Waals surface area contributed by atoms with Crippen molar-refractivity contribution in [1.29, 1.82) is 0 Å². The molecule has 2 aromatic carbocycles. The number of halogens is 1. The number of benzene rings is 2. The Morgan fingerprint density at radius 2 is 1.66 bits per heavy atom. The summed E-state index contributed by atoms with van der Waals surface area (Å²) >= 11 is 0. The summed E-state index contributed by atoms with van der Waals surface area (Å²) in [6, 6.07) is 14.3. The van der Waals surface area contributed by atoms with Crippen LogP contribution in [0.3, 0.4) is 0 Å². The maximum absolute atomic E-state index is 12.1. The number of aliphatic hydroxyl groups is 1. The summed E-state index contributed by atoms with van der Waals surface area (Å²) in [6.45, 7) is 1.04. The van der Waals surface area contributed by atoms with Gasteiger partial charge in [-0.05, 0) is 48.2 Å². The Labute approximate surface area is 195 Å². The number of rotatable bonds is 7. The van der Waals surface area contributed by atoms with Crippen LogP contribution in [0.15, 0.2) is 47.3 Å². The van der Waals surface area contributed by atoms with Gasteiger partial charge in [0, 0.05) is 26.7 Å². The first kappa shape index (κ1) is 24.4. The minimum atomic E-state index is -0.767. The quantitative estimate of drug-likeness (QED) is 0.514. The molecule has 3 aromatic rings. The van der Waals surface area contributed by atoms with Crippen LogP contribution < -0.4 is 28.2 Å². The molecule has 174 valence electrons. The Morgan fingerprint density at radius 1 is 1.00 bits per heavy atom. The third-order valence-electron chi connectivity index (χ3n) is 6.46. The lowest BCUT2D eigenvalue weighted by Gasteiger charge is -2.16. The van der Waals surface area contributed by atoms with Gasteiger partial charge in [0.2, 0.25) is 0 Å². The van der Waals surface area contributed by atoms with E-state index in [0.29, 0.717) is 6.04 Å². The van der Waals surface area contributed by atoms with Gasteiger partial charge >= 0.3 is 5.69 Å². The van der Waals surface area contributed by atoms with Gasteiger partial charge in [0.15, 0.2) is 0 Å². The van der Waals surface area contributed by atoms with Crippen molar-refractivity contribution >= 4 is 11.0 Å². The highest BCUT2D eigenvalue weighted by molar-refractivity contribution is 5.76. The monoisotopic (exact) mass is 458 g/mol. The third-order valence-corrected chi connectivity index (χ3v) is 6.46. The molecular weight excluding hydrogens is 426 g/mol. The molecule has 1 unspecified atom stereocenters. The Hall–Kier alpha value is -2.28. The number of hydrogen-bond acceptors (Lipinski definition) is 4. The van der Waals surface area contributed by atoms with Crippen molar-refractivity contribution in [3.8, 4) is 5.75 Å². The van der Waals surface area contributed by atoms with Gasteiger partial charge in [-0.3, -0.25) is 9.13 Å². The van der Waals surface area contributed by atoms with Gasteiger partial charge in [-0.2, -0.15) is 0 Å². The van der Waals surface area contributed by atoms with E-state index in [9.17, 15) is 9.90 Å². The molecule has 0 spiro atoms. The second-order valence-electron chi connectivity index (χ2n) is 8.69. The van der Waals surface area contributed by atoms with Crippen LogP contribution in [0.2, 0.25) is 0 Å². The zero-order valence-electron chi connectivity index (χ0n) is 18.9. The van der Waals surface area contributed by atoms with Crippen molar-refractivity contribution in [3.63, 3.8) is 0 Å². The van der Waals surface area contributed by atoms with E-state index in [0.717, 1.165) is 28.9 Å². The molecule has 1 atom stereocenters. The second-order valence-corrected chi connectivity index (χ2v) is 8.69. The average Bonchev–Trinajstić information content (AvgIpc) is 2.99. The molecule has 0 bridgehead atoms. The van der Waals surface area contributed by atoms with E-state index in [1.807, 2.05) is 30.3 Å². The summed E-state index contributed by atoms with van der Waals surface area (Å²) in [6.07, 6.45) is 7.20. The topological polar surface area (TPSA) is 68.4 Å². The van der Waals surface area contributed by atoms with Crippen LogP contribution in [0.25, 0.3) is 11.0 Å². The zero-order valence-corrected chi connectivity index (χ0v) is 19.6. The molecule has 1 saturated carbocycles. The van der Waals surface area contributed by atoms with Crippen molar-refractivity contribution in [2.24, 2.45) is 14.1 Å². The Kier molecular flexibility index (Phi) is 8.40. The second kappa shape index (κ2) is 11.0. The largest absolute Gasteiger partial charge is 1.00 e. The van der Waals surface area contributed by atoms with Crippen LogP contribution in [-0.4, -0.2) is 26.9 Å². The fraction of sp³-hybridized carbons (Fsp3) is 0.480. The van der Waals surface area contributed by atoms with Crippen LogP contribution in [0.5, 0.6) is 5.75 Å². The molecule has 7 heteroatoms. The normalized spacial score (nSPS) is 15.8. The van der Waals surface area contributed by atoms with Gasteiger partial charge < -0.3 is 27.6 Å². The molecule has 32 heavy (non-hydrogen) atoms. The molecule has 1 aliphatic carbocycles. The van der Waals surface area contributed by atoms with Crippen LogP contribution >= 0.6 is 0 Å². The van der Waals surface area contributed by atoms with E-state index in [4.69, 9.17) is 4.74 Å². The molecule has 4 rings (SSSR count).